The normalized spacial score (nSPS) is 11.6. The monoisotopic (exact) mass is 545 g/mol. The summed E-state index contributed by atoms with van der Waals surface area (Å²) in [5.41, 5.74) is 1.66. The molecule has 0 aliphatic carbocycles. The molecule has 8 nitrogen and oxygen atoms in total. The Morgan fingerprint density at radius 1 is 0.975 bits per heavy atom. The summed E-state index contributed by atoms with van der Waals surface area (Å²) in [4.78, 5) is 31.2. The van der Waals surface area contributed by atoms with Gasteiger partial charge in [-0.15, -0.1) is 5.10 Å². The highest BCUT2D eigenvalue weighted by atomic mass is 19.1. The molecule has 0 radical (unpaired) electrons. The third-order valence-electron chi connectivity index (χ3n) is 6.79. The number of rotatable bonds is 8. The van der Waals surface area contributed by atoms with E-state index < -0.39 is 17.1 Å². The maximum absolute atomic E-state index is 15.6. The Hall–Kier alpha value is -4.44. The van der Waals surface area contributed by atoms with Crippen molar-refractivity contribution in [3.8, 4) is 11.5 Å². The molecule has 3 heterocycles. The van der Waals surface area contributed by atoms with Crippen molar-refractivity contribution in [2.24, 2.45) is 0 Å². The van der Waals surface area contributed by atoms with Crippen LogP contribution in [0.2, 0.25) is 0 Å². The Kier molecular flexibility index (Phi) is 7.44. The van der Waals surface area contributed by atoms with E-state index in [1.54, 1.807) is 26.1 Å². The molecule has 10 heteroatoms. The second-order valence-electron chi connectivity index (χ2n) is 9.87. The zero-order chi connectivity index (χ0) is 28.6. The van der Waals surface area contributed by atoms with Crippen LogP contribution in [0.4, 0.5) is 8.78 Å². The van der Waals surface area contributed by atoms with E-state index >= 15 is 4.39 Å². The zero-order valence-electron chi connectivity index (χ0n) is 22.7. The lowest BCUT2D eigenvalue weighted by molar-refractivity contribution is 0.0989. The van der Waals surface area contributed by atoms with Gasteiger partial charge in [-0.2, -0.15) is 4.68 Å². The summed E-state index contributed by atoms with van der Waals surface area (Å²) < 4.78 is 38.9. The number of benzene rings is 2. The van der Waals surface area contributed by atoms with E-state index in [-0.39, 0.29) is 35.1 Å². The van der Waals surface area contributed by atoms with E-state index in [0.717, 1.165) is 16.3 Å². The number of aromatic nitrogens is 5. The number of aryl methyl sites for hydroxylation is 1. The third-order valence-corrected chi connectivity index (χ3v) is 6.79. The van der Waals surface area contributed by atoms with E-state index in [0.29, 0.717) is 35.8 Å². The average molecular weight is 546 g/mol. The Labute approximate surface area is 229 Å². The number of nitrogens with zero attached hydrogens (tertiary/aromatic N) is 5. The first-order chi connectivity index (χ1) is 19.2. The lowest BCUT2D eigenvalue weighted by Crippen LogP contribution is -2.26. The second-order valence-corrected chi connectivity index (χ2v) is 9.87. The molecular formula is C30H29F2N5O3. The molecule has 206 valence electrons. The fourth-order valence-corrected chi connectivity index (χ4v) is 4.63. The van der Waals surface area contributed by atoms with Crippen LogP contribution in [0.25, 0.3) is 22.4 Å². The lowest BCUT2D eigenvalue weighted by Gasteiger charge is -2.15. The number of fused-ring (bicyclic) bond motifs is 1. The summed E-state index contributed by atoms with van der Waals surface area (Å²) in [7, 11) is 0. The molecule has 0 fully saturated rings. The average Bonchev–Trinajstić information content (AvgIpc) is 3.25. The molecule has 5 aromatic rings. The SMILES string of the molecule is CCn1c(COCc2ccccc2)nn(-c2nc3c(C(C)C)cn(-c4ccc(F)c(C)c4)c(=O)c3cc2F)c1=O. The van der Waals surface area contributed by atoms with Crippen molar-refractivity contribution < 1.29 is 13.5 Å². The number of ether oxygens (including phenoxy) is 1. The van der Waals surface area contributed by atoms with Crippen molar-refractivity contribution in [2.45, 2.75) is 53.4 Å². The predicted molar refractivity (Wildman–Crippen MR) is 148 cm³/mol. The number of halogens is 2. The molecule has 0 spiro atoms. The second kappa shape index (κ2) is 11.0. The quantitative estimate of drug-likeness (QED) is 0.268. The van der Waals surface area contributed by atoms with Crippen LogP contribution in [0, 0.1) is 18.6 Å². The highest BCUT2D eigenvalue weighted by Gasteiger charge is 2.22. The standard InChI is InChI=1S/C30H29F2N5O3/c1-5-35-26(17-40-16-20-9-7-6-8-10-20)34-37(30(35)39)28-25(32)14-22-27(33-28)23(18(2)3)15-36(29(22)38)21-11-12-24(31)19(4)13-21/h6-15,18H,5,16-17H2,1-4H3. The van der Waals surface area contributed by atoms with Crippen LogP contribution in [0.5, 0.6) is 0 Å². The van der Waals surface area contributed by atoms with Gasteiger partial charge in [0.05, 0.1) is 17.5 Å². The van der Waals surface area contributed by atoms with Gasteiger partial charge in [-0.1, -0.05) is 44.2 Å². The van der Waals surface area contributed by atoms with E-state index in [1.807, 2.05) is 44.2 Å². The maximum Gasteiger partial charge on any atom is 0.352 e. The molecule has 5 rings (SSSR count). The fraction of sp³-hybridized carbons (Fsp3) is 0.267. The first kappa shape index (κ1) is 27.1. The molecule has 0 atom stereocenters. The van der Waals surface area contributed by atoms with Crippen LogP contribution < -0.4 is 11.2 Å². The maximum atomic E-state index is 15.6. The van der Waals surface area contributed by atoms with Crippen molar-refractivity contribution in [1.82, 2.24) is 23.9 Å². The van der Waals surface area contributed by atoms with Crippen molar-refractivity contribution in [2.75, 3.05) is 0 Å². The topological polar surface area (TPSA) is 83.9 Å². The van der Waals surface area contributed by atoms with Gasteiger partial charge in [-0.3, -0.25) is 13.9 Å². The van der Waals surface area contributed by atoms with Crippen LogP contribution in [0.1, 0.15) is 49.2 Å². The van der Waals surface area contributed by atoms with Crippen molar-refractivity contribution in [3.05, 3.63) is 116 Å². The number of hydrogen-bond donors (Lipinski definition) is 0. The van der Waals surface area contributed by atoms with Gasteiger partial charge in [0.25, 0.3) is 5.56 Å². The van der Waals surface area contributed by atoms with E-state index in [4.69, 9.17) is 4.74 Å². The van der Waals surface area contributed by atoms with Gasteiger partial charge in [0.15, 0.2) is 17.5 Å². The summed E-state index contributed by atoms with van der Waals surface area (Å²) in [5, 5.41) is 4.40. The van der Waals surface area contributed by atoms with Crippen LogP contribution in [0.15, 0.2) is 70.4 Å². The Morgan fingerprint density at radius 3 is 2.40 bits per heavy atom. The van der Waals surface area contributed by atoms with E-state index in [2.05, 4.69) is 10.1 Å². The minimum absolute atomic E-state index is 0.0409. The van der Waals surface area contributed by atoms with Gasteiger partial charge in [-0.25, -0.2) is 18.6 Å². The van der Waals surface area contributed by atoms with Crippen LogP contribution in [0.3, 0.4) is 0 Å². The largest absolute Gasteiger partial charge is 0.369 e. The molecule has 0 bridgehead atoms. The summed E-state index contributed by atoms with van der Waals surface area (Å²) in [5.74, 6) is -1.33. The Balaban J connectivity index is 1.60. The molecule has 0 amide bonds. The number of hydrogen-bond acceptors (Lipinski definition) is 5. The molecule has 0 saturated carbocycles. The molecule has 0 aliphatic rings. The van der Waals surface area contributed by atoms with Crippen molar-refractivity contribution >= 4 is 10.9 Å². The van der Waals surface area contributed by atoms with Gasteiger partial charge in [-0.05, 0) is 60.7 Å². The van der Waals surface area contributed by atoms with Crippen LogP contribution in [-0.4, -0.2) is 23.9 Å². The first-order valence-corrected chi connectivity index (χ1v) is 13.0. The predicted octanol–water partition coefficient (Wildman–Crippen LogP) is 5.18. The van der Waals surface area contributed by atoms with Crippen molar-refractivity contribution in [3.63, 3.8) is 0 Å². The van der Waals surface area contributed by atoms with Gasteiger partial charge in [0.1, 0.15) is 12.4 Å². The number of pyridine rings is 2. The van der Waals surface area contributed by atoms with E-state index in [9.17, 15) is 14.0 Å². The van der Waals surface area contributed by atoms with E-state index in [1.165, 1.54) is 21.3 Å². The van der Waals surface area contributed by atoms with Gasteiger partial charge >= 0.3 is 5.69 Å². The minimum Gasteiger partial charge on any atom is -0.369 e. The summed E-state index contributed by atoms with van der Waals surface area (Å²) in [6.45, 7) is 7.90. The summed E-state index contributed by atoms with van der Waals surface area (Å²) >= 11 is 0. The first-order valence-electron chi connectivity index (χ1n) is 13.0. The van der Waals surface area contributed by atoms with Crippen LogP contribution in [-0.2, 0) is 24.5 Å². The molecule has 0 aliphatic heterocycles. The molecular weight excluding hydrogens is 516 g/mol. The van der Waals surface area contributed by atoms with Gasteiger partial charge in [0, 0.05) is 18.4 Å². The third kappa shape index (κ3) is 4.98. The Bertz CT molecular complexity index is 1820. The van der Waals surface area contributed by atoms with Crippen LogP contribution >= 0.6 is 0 Å². The Morgan fingerprint density at radius 2 is 1.73 bits per heavy atom. The van der Waals surface area contributed by atoms with Gasteiger partial charge < -0.3 is 4.74 Å². The minimum atomic E-state index is -0.869. The van der Waals surface area contributed by atoms with Crippen molar-refractivity contribution in [1.29, 1.82) is 0 Å². The zero-order valence-corrected chi connectivity index (χ0v) is 22.7. The summed E-state index contributed by atoms with van der Waals surface area (Å²) in [6, 6.07) is 15.0. The molecule has 3 aromatic heterocycles. The lowest BCUT2D eigenvalue weighted by atomic mass is 10.0. The smallest absolute Gasteiger partial charge is 0.352 e. The molecule has 0 saturated heterocycles. The molecule has 0 N–H and O–H groups in total. The van der Waals surface area contributed by atoms with Gasteiger partial charge in [0.2, 0.25) is 0 Å². The molecule has 2 aromatic carbocycles. The fourth-order valence-electron chi connectivity index (χ4n) is 4.63. The highest BCUT2D eigenvalue weighted by Crippen LogP contribution is 2.26. The highest BCUT2D eigenvalue weighted by molar-refractivity contribution is 5.82. The summed E-state index contributed by atoms with van der Waals surface area (Å²) in [6.07, 6.45) is 1.63. The molecule has 0 unspecified atom stereocenters. The molecule has 40 heavy (non-hydrogen) atoms.